The quantitative estimate of drug-likeness (QED) is 0.361. The number of ketones is 1. The largest absolute Gasteiger partial charge is 0.424 e. The first-order chi connectivity index (χ1) is 9.66. The van der Waals surface area contributed by atoms with Crippen LogP contribution in [0.5, 0.6) is 5.75 Å². The van der Waals surface area contributed by atoms with Crippen molar-refractivity contribution in [3.05, 3.63) is 43.0 Å². The molecule has 2 saturated heterocycles. The van der Waals surface area contributed by atoms with Crippen LogP contribution >= 0.6 is 0 Å². The van der Waals surface area contributed by atoms with Crippen molar-refractivity contribution in [2.75, 3.05) is 6.61 Å². The topological polar surface area (TPSA) is 61.8 Å². The Morgan fingerprint density at radius 2 is 2.15 bits per heavy atom. The maximum atomic E-state index is 12.5. The highest BCUT2D eigenvalue weighted by molar-refractivity contribution is 6.10. The van der Waals surface area contributed by atoms with Crippen LogP contribution in [0.3, 0.4) is 0 Å². The first-order valence-electron chi connectivity index (χ1n) is 6.39. The lowest BCUT2D eigenvalue weighted by Gasteiger charge is -2.35. The smallest absolute Gasteiger partial charge is 0.352 e. The van der Waals surface area contributed by atoms with Crippen LogP contribution in [0.25, 0.3) is 0 Å². The number of carbonyl (C=O) groups excluding carboxylic acids is 2. The Balaban J connectivity index is 1.91. The molecule has 2 fully saturated rings. The number of carbonyl (C=O) groups is 2. The summed E-state index contributed by atoms with van der Waals surface area (Å²) in [7, 11) is 0. The third kappa shape index (κ3) is 1.87. The fourth-order valence-electron chi connectivity index (χ4n) is 2.55. The maximum Gasteiger partial charge on any atom is 0.352 e. The molecule has 104 valence electrons. The highest BCUT2D eigenvalue weighted by Gasteiger charge is 2.62. The van der Waals surface area contributed by atoms with E-state index in [1.54, 1.807) is 24.3 Å². The molecule has 0 radical (unpaired) electrons. The van der Waals surface area contributed by atoms with Gasteiger partial charge in [-0.25, -0.2) is 4.79 Å². The summed E-state index contributed by atoms with van der Waals surface area (Å²) in [5.41, 5.74) is -1.61. The number of hydrogen-bond donors (Lipinski definition) is 0. The summed E-state index contributed by atoms with van der Waals surface area (Å²) >= 11 is 0. The highest BCUT2D eigenvalue weighted by atomic mass is 16.7. The van der Waals surface area contributed by atoms with Crippen molar-refractivity contribution in [2.45, 2.75) is 18.3 Å². The Kier molecular flexibility index (Phi) is 3.16. The van der Waals surface area contributed by atoms with Gasteiger partial charge >= 0.3 is 5.97 Å². The number of fused-ring (bicyclic) bond motifs is 2. The van der Waals surface area contributed by atoms with Gasteiger partial charge in [-0.2, -0.15) is 0 Å². The van der Waals surface area contributed by atoms with Crippen LogP contribution in [0.2, 0.25) is 0 Å². The molecule has 1 aromatic carbocycles. The predicted molar refractivity (Wildman–Crippen MR) is 68.9 cm³/mol. The van der Waals surface area contributed by atoms with Gasteiger partial charge in [-0.15, -0.1) is 6.58 Å². The Bertz CT molecular complexity index is 553. The lowest BCUT2D eigenvalue weighted by Crippen LogP contribution is -2.56. The lowest BCUT2D eigenvalue weighted by molar-refractivity contribution is -0.235. The van der Waals surface area contributed by atoms with Crippen LogP contribution in [-0.4, -0.2) is 30.3 Å². The lowest BCUT2D eigenvalue weighted by atomic mass is 9.84. The fraction of sp³-hybridized carbons (Fsp3) is 0.333. The van der Waals surface area contributed by atoms with E-state index < -0.39 is 23.8 Å². The summed E-state index contributed by atoms with van der Waals surface area (Å²) in [4.78, 5) is 24.7. The standard InChI is InChI=1S/C15H14O5/c1-2-10-9-18-13-8-12(16)15(10,20-13)14(17)19-11-6-4-3-5-7-11/h2-7,10,13H,1,8-9H2/t10-,13-,15-/m0/s1. The molecule has 2 aliphatic heterocycles. The molecule has 0 spiro atoms. The fourth-order valence-corrected chi connectivity index (χ4v) is 2.55. The van der Waals surface area contributed by atoms with E-state index in [9.17, 15) is 9.59 Å². The van der Waals surface area contributed by atoms with Gasteiger partial charge in [-0.3, -0.25) is 4.79 Å². The molecule has 2 aliphatic rings. The molecule has 5 heteroatoms. The molecule has 2 heterocycles. The molecule has 0 saturated carbocycles. The van der Waals surface area contributed by atoms with Gasteiger partial charge in [-0.1, -0.05) is 24.3 Å². The Morgan fingerprint density at radius 1 is 1.40 bits per heavy atom. The normalized spacial score (nSPS) is 31.9. The zero-order valence-electron chi connectivity index (χ0n) is 10.8. The van der Waals surface area contributed by atoms with Crippen molar-refractivity contribution in [1.29, 1.82) is 0 Å². The average molecular weight is 274 g/mol. The Labute approximate surface area is 116 Å². The van der Waals surface area contributed by atoms with E-state index in [1.807, 2.05) is 6.07 Å². The van der Waals surface area contributed by atoms with Crippen LogP contribution in [0, 0.1) is 5.92 Å². The number of benzene rings is 1. The molecular formula is C15H14O5. The Hall–Kier alpha value is -1.98. The molecule has 0 aliphatic carbocycles. The van der Waals surface area contributed by atoms with Gasteiger partial charge in [-0.05, 0) is 12.1 Å². The maximum absolute atomic E-state index is 12.5. The number of hydrogen-bond acceptors (Lipinski definition) is 5. The molecule has 2 bridgehead atoms. The van der Waals surface area contributed by atoms with Crippen LogP contribution in [0.4, 0.5) is 0 Å². The molecule has 20 heavy (non-hydrogen) atoms. The first-order valence-corrected chi connectivity index (χ1v) is 6.39. The number of rotatable bonds is 3. The molecule has 0 unspecified atom stereocenters. The minimum absolute atomic E-state index is 0.0637. The molecule has 0 N–H and O–H groups in total. The van der Waals surface area contributed by atoms with E-state index in [0.717, 1.165) is 0 Å². The summed E-state index contributed by atoms with van der Waals surface area (Å²) in [6.07, 6.45) is 0.905. The van der Waals surface area contributed by atoms with Gasteiger partial charge in [0.25, 0.3) is 0 Å². The van der Waals surface area contributed by atoms with Gasteiger partial charge in [0.05, 0.1) is 13.0 Å². The van der Waals surface area contributed by atoms with E-state index in [2.05, 4.69) is 6.58 Å². The summed E-state index contributed by atoms with van der Waals surface area (Å²) in [6.45, 7) is 3.88. The van der Waals surface area contributed by atoms with Gasteiger partial charge in [0.2, 0.25) is 5.60 Å². The molecular weight excluding hydrogens is 260 g/mol. The minimum Gasteiger partial charge on any atom is -0.424 e. The van der Waals surface area contributed by atoms with Gasteiger partial charge < -0.3 is 14.2 Å². The SMILES string of the molecule is C=C[C@H]1CO[C@@H]2CC(=O)[C@@]1(C(=O)Oc1ccccc1)O2. The Morgan fingerprint density at radius 3 is 2.85 bits per heavy atom. The number of para-hydroxylation sites is 1. The van der Waals surface area contributed by atoms with E-state index >= 15 is 0 Å². The molecule has 5 nitrogen and oxygen atoms in total. The van der Waals surface area contributed by atoms with Crippen LogP contribution in [-0.2, 0) is 19.1 Å². The number of esters is 1. The number of Topliss-reactive ketones (excluding diaryl/α,β-unsaturated/α-hetero) is 1. The highest BCUT2D eigenvalue weighted by Crippen LogP contribution is 2.40. The van der Waals surface area contributed by atoms with Crippen LogP contribution in [0.15, 0.2) is 43.0 Å². The average Bonchev–Trinajstić information content (AvgIpc) is 2.73. The zero-order valence-corrected chi connectivity index (χ0v) is 10.8. The second kappa shape index (κ2) is 4.85. The van der Waals surface area contributed by atoms with Gasteiger partial charge in [0.15, 0.2) is 12.1 Å². The predicted octanol–water partition coefficient (Wildman–Crippen LogP) is 1.48. The van der Waals surface area contributed by atoms with Crippen LogP contribution < -0.4 is 4.74 Å². The van der Waals surface area contributed by atoms with Crippen molar-refractivity contribution in [3.63, 3.8) is 0 Å². The van der Waals surface area contributed by atoms with Crippen molar-refractivity contribution in [2.24, 2.45) is 5.92 Å². The van der Waals surface area contributed by atoms with Gasteiger partial charge in [0, 0.05) is 5.92 Å². The monoisotopic (exact) mass is 274 g/mol. The summed E-state index contributed by atoms with van der Waals surface area (Å²) in [5.74, 6) is -1.18. The molecule has 0 aromatic heterocycles. The minimum atomic E-state index is -1.61. The van der Waals surface area contributed by atoms with Crippen molar-refractivity contribution in [1.82, 2.24) is 0 Å². The van der Waals surface area contributed by atoms with E-state index in [0.29, 0.717) is 5.75 Å². The summed E-state index contributed by atoms with van der Waals surface area (Å²) in [6, 6.07) is 8.59. The first kappa shape index (κ1) is 13.0. The third-order valence-electron chi connectivity index (χ3n) is 3.61. The summed E-state index contributed by atoms with van der Waals surface area (Å²) in [5, 5.41) is 0. The van der Waals surface area contributed by atoms with Crippen molar-refractivity contribution in [3.8, 4) is 5.75 Å². The van der Waals surface area contributed by atoms with Crippen LogP contribution in [0.1, 0.15) is 6.42 Å². The van der Waals surface area contributed by atoms with Crippen molar-refractivity contribution < 1.29 is 23.8 Å². The zero-order chi connectivity index (χ0) is 14.2. The van der Waals surface area contributed by atoms with Crippen molar-refractivity contribution >= 4 is 11.8 Å². The molecule has 3 atom stereocenters. The van der Waals surface area contributed by atoms with Gasteiger partial charge in [0.1, 0.15) is 5.75 Å². The second-order valence-corrected chi connectivity index (χ2v) is 4.79. The van der Waals surface area contributed by atoms with E-state index in [4.69, 9.17) is 14.2 Å². The molecule has 3 rings (SSSR count). The second-order valence-electron chi connectivity index (χ2n) is 4.79. The molecule has 0 amide bonds. The van der Waals surface area contributed by atoms with E-state index in [1.165, 1.54) is 6.08 Å². The molecule has 1 aromatic rings. The summed E-state index contributed by atoms with van der Waals surface area (Å²) < 4.78 is 16.2. The number of ether oxygens (including phenoxy) is 3. The third-order valence-corrected chi connectivity index (χ3v) is 3.61. The van der Waals surface area contributed by atoms with E-state index in [-0.39, 0.29) is 18.8 Å².